The lowest BCUT2D eigenvalue weighted by atomic mass is 9.71. The highest BCUT2D eigenvalue weighted by Crippen LogP contribution is 2.58. The summed E-state index contributed by atoms with van der Waals surface area (Å²) >= 11 is 0. The van der Waals surface area contributed by atoms with E-state index in [0.717, 1.165) is 0 Å². The van der Waals surface area contributed by atoms with Gasteiger partial charge in [-0.2, -0.15) is 0 Å². The fraction of sp³-hybridized carbons (Fsp3) is 1.00. The molecule has 0 heterocycles. The summed E-state index contributed by atoms with van der Waals surface area (Å²) < 4.78 is 0. The molecule has 0 aliphatic heterocycles. The van der Waals surface area contributed by atoms with Gasteiger partial charge in [-0.1, -0.05) is 19.3 Å². The van der Waals surface area contributed by atoms with Crippen LogP contribution in [0, 0.1) is 23.7 Å². The van der Waals surface area contributed by atoms with Crippen molar-refractivity contribution in [3.63, 3.8) is 0 Å². The van der Waals surface area contributed by atoms with Gasteiger partial charge >= 0.3 is 0 Å². The standard InChI is InChI=1S/C10H16/c1-2-8(3-1)10-6-7-4-9(10)5-7/h7-10H,1-6H2. The maximum absolute atomic E-state index is 1.62. The van der Waals surface area contributed by atoms with E-state index in [9.17, 15) is 0 Å². The molecular formula is C10H16. The molecule has 1 unspecified atom stereocenters. The van der Waals surface area contributed by atoms with Gasteiger partial charge in [-0.25, -0.2) is 0 Å². The van der Waals surface area contributed by atoms with Gasteiger partial charge in [0.1, 0.15) is 0 Å². The molecule has 4 saturated carbocycles. The van der Waals surface area contributed by atoms with Crippen LogP contribution in [0.2, 0.25) is 0 Å². The van der Waals surface area contributed by atoms with Gasteiger partial charge in [0.05, 0.1) is 0 Å². The molecule has 0 heteroatoms. The third-order valence-electron chi connectivity index (χ3n) is 4.24. The first-order chi connectivity index (χ1) is 4.93. The van der Waals surface area contributed by atoms with Crippen LogP contribution in [0.3, 0.4) is 0 Å². The molecule has 0 aromatic carbocycles. The molecule has 0 amide bonds. The lowest BCUT2D eigenvalue weighted by Gasteiger charge is -2.34. The quantitative estimate of drug-likeness (QED) is 0.520. The molecule has 4 aliphatic rings. The van der Waals surface area contributed by atoms with E-state index < -0.39 is 0 Å². The third-order valence-corrected chi connectivity index (χ3v) is 4.24. The zero-order valence-corrected chi connectivity index (χ0v) is 6.55. The fourth-order valence-corrected chi connectivity index (χ4v) is 3.35. The molecule has 1 atom stereocenters. The van der Waals surface area contributed by atoms with Gasteiger partial charge in [-0.15, -0.1) is 0 Å². The summed E-state index contributed by atoms with van der Waals surface area (Å²) in [5.74, 6) is 4.79. The van der Waals surface area contributed by atoms with E-state index >= 15 is 0 Å². The predicted molar refractivity (Wildman–Crippen MR) is 41.7 cm³/mol. The van der Waals surface area contributed by atoms with Crippen molar-refractivity contribution in [2.45, 2.75) is 38.5 Å². The molecule has 0 spiro atoms. The van der Waals surface area contributed by atoms with Crippen LogP contribution in [-0.4, -0.2) is 0 Å². The van der Waals surface area contributed by atoms with Crippen molar-refractivity contribution >= 4 is 0 Å². The van der Waals surface area contributed by atoms with Crippen molar-refractivity contribution in [2.24, 2.45) is 23.7 Å². The van der Waals surface area contributed by atoms with Gasteiger partial charge in [0, 0.05) is 0 Å². The highest BCUT2D eigenvalue weighted by atomic mass is 14.5. The van der Waals surface area contributed by atoms with E-state index in [1.165, 1.54) is 23.7 Å². The average Bonchev–Trinajstić information content (AvgIpc) is 2.12. The molecule has 0 saturated heterocycles. The summed E-state index contributed by atoms with van der Waals surface area (Å²) in [5, 5.41) is 0. The van der Waals surface area contributed by atoms with Crippen molar-refractivity contribution in [2.75, 3.05) is 0 Å². The van der Waals surface area contributed by atoms with E-state index in [4.69, 9.17) is 0 Å². The van der Waals surface area contributed by atoms with Gasteiger partial charge in [0.15, 0.2) is 0 Å². The Balaban J connectivity index is 1.71. The van der Waals surface area contributed by atoms with Crippen molar-refractivity contribution in [1.29, 1.82) is 0 Å². The zero-order valence-electron chi connectivity index (χ0n) is 6.55. The molecule has 56 valence electrons. The summed E-state index contributed by atoms with van der Waals surface area (Å²) in [4.78, 5) is 0. The first-order valence-corrected chi connectivity index (χ1v) is 4.93. The molecule has 10 heavy (non-hydrogen) atoms. The second-order valence-electron chi connectivity index (χ2n) is 4.69. The van der Waals surface area contributed by atoms with E-state index in [2.05, 4.69) is 0 Å². The molecule has 4 aliphatic carbocycles. The Morgan fingerprint density at radius 3 is 2.00 bits per heavy atom. The number of rotatable bonds is 1. The van der Waals surface area contributed by atoms with Crippen molar-refractivity contribution in [1.82, 2.24) is 0 Å². The highest BCUT2D eigenvalue weighted by Gasteiger charge is 2.47. The number of fused-ring (bicyclic) bond motifs is 1. The second kappa shape index (κ2) is 1.78. The minimum Gasteiger partial charge on any atom is -0.0528 e. The van der Waals surface area contributed by atoms with Gasteiger partial charge in [-0.05, 0) is 42.9 Å². The summed E-state index contributed by atoms with van der Waals surface area (Å²) in [6, 6.07) is 0. The number of hydrogen-bond acceptors (Lipinski definition) is 0. The summed E-state index contributed by atoms with van der Waals surface area (Å²) in [6.45, 7) is 0. The van der Waals surface area contributed by atoms with Crippen LogP contribution >= 0.6 is 0 Å². The van der Waals surface area contributed by atoms with Crippen LogP contribution in [0.1, 0.15) is 38.5 Å². The van der Waals surface area contributed by atoms with Crippen LogP contribution < -0.4 is 0 Å². The maximum atomic E-state index is 1.62. The molecular weight excluding hydrogens is 120 g/mol. The van der Waals surface area contributed by atoms with Gasteiger partial charge in [-0.3, -0.25) is 0 Å². The molecule has 0 N–H and O–H groups in total. The lowest BCUT2D eigenvalue weighted by Crippen LogP contribution is -2.24. The Morgan fingerprint density at radius 2 is 1.60 bits per heavy atom. The Labute approximate surface area is 63.0 Å². The summed E-state index contributed by atoms with van der Waals surface area (Å²) in [6.07, 6.45) is 9.54. The molecule has 2 bridgehead atoms. The predicted octanol–water partition coefficient (Wildman–Crippen LogP) is 2.83. The van der Waals surface area contributed by atoms with Crippen molar-refractivity contribution in [3.8, 4) is 0 Å². The molecule has 0 aromatic heterocycles. The molecule has 0 aromatic rings. The Morgan fingerprint density at radius 1 is 0.800 bits per heavy atom. The second-order valence-corrected chi connectivity index (χ2v) is 4.69. The van der Waals surface area contributed by atoms with Gasteiger partial charge in [0.25, 0.3) is 0 Å². The minimum atomic E-state index is 1.19. The Hall–Kier alpha value is 0. The lowest BCUT2D eigenvalue weighted by molar-refractivity contribution is 0.162. The zero-order chi connectivity index (χ0) is 6.55. The molecule has 4 fully saturated rings. The smallest absolute Gasteiger partial charge is 0.0355 e. The van der Waals surface area contributed by atoms with E-state index in [1.54, 1.807) is 38.5 Å². The number of hydrogen-bond donors (Lipinski definition) is 0. The Bertz CT molecular complexity index is 140. The molecule has 0 nitrogen and oxygen atoms in total. The topological polar surface area (TPSA) is 0 Å². The molecule has 4 rings (SSSR count). The largest absolute Gasteiger partial charge is 0.0528 e. The highest BCUT2D eigenvalue weighted by molar-refractivity contribution is 4.98. The first-order valence-electron chi connectivity index (χ1n) is 4.93. The van der Waals surface area contributed by atoms with E-state index in [0.29, 0.717) is 0 Å². The van der Waals surface area contributed by atoms with Crippen LogP contribution in [0.25, 0.3) is 0 Å². The average molecular weight is 136 g/mol. The van der Waals surface area contributed by atoms with Crippen LogP contribution in [0.5, 0.6) is 0 Å². The van der Waals surface area contributed by atoms with Crippen LogP contribution in [0.4, 0.5) is 0 Å². The first kappa shape index (κ1) is 5.62. The van der Waals surface area contributed by atoms with E-state index in [1.807, 2.05) is 0 Å². The summed E-state index contributed by atoms with van der Waals surface area (Å²) in [7, 11) is 0. The normalized spacial score (nSPS) is 52.2. The Kier molecular flexibility index (Phi) is 1.00. The van der Waals surface area contributed by atoms with Crippen LogP contribution in [0.15, 0.2) is 0 Å². The van der Waals surface area contributed by atoms with Gasteiger partial charge < -0.3 is 0 Å². The van der Waals surface area contributed by atoms with Crippen LogP contribution in [-0.2, 0) is 0 Å². The summed E-state index contributed by atoms with van der Waals surface area (Å²) in [5.41, 5.74) is 0. The maximum Gasteiger partial charge on any atom is -0.0355 e. The van der Waals surface area contributed by atoms with Crippen molar-refractivity contribution < 1.29 is 0 Å². The minimum absolute atomic E-state index is 1.19. The van der Waals surface area contributed by atoms with Gasteiger partial charge in [0.2, 0.25) is 0 Å². The SMILES string of the molecule is C1CC(C2CC3CC2C3)C1. The third kappa shape index (κ3) is 0.580. The molecule has 0 radical (unpaired) electrons. The monoisotopic (exact) mass is 136 g/mol. The van der Waals surface area contributed by atoms with Crippen molar-refractivity contribution in [3.05, 3.63) is 0 Å². The fourth-order valence-electron chi connectivity index (χ4n) is 3.35. The van der Waals surface area contributed by atoms with E-state index in [-0.39, 0.29) is 0 Å².